The molecule has 3 rings (SSSR count). The van der Waals surface area contributed by atoms with Crippen molar-refractivity contribution < 1.29 is 14.2 Å². The fourth-order valence-corrected chi connectivity index (χ4v) is 2.22. The molecule has 0 atom stereocenters. The van der Waals surface area contributed by atoms with Crippen molar-refractivity contribution >= 4 is 27.3 Å². The third-order valence-electron chi connectivity index (χ3n) is 1.93. The number of rotatable bonds is 2. The Morgan fingerprint density at radius 3 is 2.94 bits per heavy atom. The van der Waals surface area contributed by atoms with Gasteiger partial charge >= 0.3 is 0 Å². The molecular weight excluding hydrogens is 296 g/mol. The van der Waals surface area contributed by atoms with Crippen LogP contribution in [-0.2, 0) is 0 Å². The Balaban J connectivity index is 1.85. The van der Waals surface area contributed by atoms with E-state index in [0.717, 1.165) is 5.75 Å². The molecular formula is C9H5BrN2O3S. The molecule has 0 spiro atoms. The first kappa shape index (κ1) is 9.86. The molecule has 16 heavy (non-hydrogen) atoms. The quantitative estimate of drug-likeness (QED) is 0.853. The number of ether oxygens (including phenoxy) is 3. The van der Waals surface area contributed by atoms with Gasteiger partial charge < -0.3 is 14.2 Å². The fraction of sp³-hybridized carbons (Fsp3) is 0.111. The number of aromatic nitrogens is 2. The van der Waals surface area contributed by atoms with Crippen molar-refractivity contribution in [3.05, 3.63) is 22.1 Å². The van der Waals surface area contributed by atoms with Gasteiger partial charge in [0, 0.05) is 6.07 Å². The van der Waals surface area contributed by atoms with E-state index in [4.69, 9.17) is 14.2 Å². The molecule has 1 aliphatic heterocycles. The van der Waals surface area contributed by atoms with Crippen LogP contribution in [0.15, 0.2) is 22.1 Å². The van der Waals surface area contributed by atoms with Gasteiger partial charge in [-0.15, -0.1) is 5.10 Å². The lowest BCUT2D eigenvalue weighted by Gasteiger charge is -2.01. The molecule has 1 aromatic carbocycles. The molecule has 1 aliphatic rings. The normalized spacial score (nSPS) is 12.8. The molecule has 0 radical (unpaired) electrons. The zero-order valence-corrected chi connectivity index (χ0v) is 10.2. The van der Waals surface area contributed by atoms with Crippen LogP contribution < -0.4 is 14.2 Å². The summed E-state index contributed by atoms with van der Waals surface area (Å²) < 4.78 is 16.6. The number of halogens is 1. The highest BCUT2D eigenvalue weighted by molar-refractivity contribution is 9.11. The third-order valence-corrected chi connectivity index (χ3v) is 3.16. The molecule has 0 saturated heterocycles. The minimum absolute atomic E-state index is 0.253. The molecule has 0 fully saturated rings. The molecule has 82 valence electrons. The number of benzene rings is 1. The molecule has 7 heteroatoms. The maximum atomic E-state index is 5.50. The molecule has 2 aromatic rings. The van der Waals surface area contributed by atoms with Crippen LogP contribution in [0.2, 0.25) is 0 Å². The van der Waals surface area contributed by atoms with E-state index in [1.807, 2.05) is 0 Å². The maximum Gasteiger partial charge on any atom is 0.300 e. The molecule has 0 saturated carbocycles. The van der Waals surface area contributed by atoms with E-state index in [-0.39, 0.29) is 6.79 Å². The van der Waals surface area contributed by atoms with Crippen molar-refractivity contribution in [1.82, 2.24) is 10.2 Å². The minimum Gasteiger partial charge on any atom is -0.454 e. The SMILES string of the molecule is Brc1nnc(Oc2ccc3c(c2)OCO3)s1. The summed E-state index contributed by atoms with van der Waals surface area (Å²) in [5.74, 6) is 2.06. The third kappa shape index (κ3) is 1.83. The van der Waals surface area contributed by atoms with Crippen LogP contribution >= 0.6 is 27.3 Å². The summed E-state index contributed by atoms with van der Waals surface area (Å²) in [5, 5.41) is 8.10. The van der Waals surface area contributed by atoms with Crippen molar-refractivity contribution in [3.63, 3.8) is 0 Å². The zero-order valence-electron chi connectivity index (χ0n) is 7.84. The number of hydrogen-bond donors (Lipinski definition) is 0. The first-order valence-corrected chi connectivity index (χ1v) is 5.99. The van der Waals surface area contributed by atoms with Gasteiger partial charge in [-0.25, -0.2) is 0 Å². The van der Waals surface area contributed by atoms with Gasteiger partial charge in [-0.1, -0.05) is 5.10 Å². The Labute approximate surface area is 103 Å². The van der Waals surface area contributed by atoms with E-state index in [2.05, 4.69) is 26.1 Å². The summed E-state index contributed by atoms with van der Waals surface area (Å²) in [6.07, 6.45) is 0. The fourth-order valence-electron chi connectivity index (χ4n) is 1.28. The van der Waals surface area contributed by atoms with Crippen molar-refractivity contribution in [3.8, 4) is 22.4 Å². The number of hydrogen-bond acceptors (Lipinski definition) is 6. The molecule has 5 nitrogen and oxygen atoms in total. The highest BCUT2D eigenvalue weighted by Gasteiger charge is 2.14. The van der Waals surface area contributed by atoms with Crippen LogP contribution in [-0.4, -0.2) is 17.0 Å². The Bertz CT molecular complexity index is 531. The first-order chi connectivity index (χ1) is 7.81. The second kappa shape index (κ2) is 3.91. The zero-order chi connectivity index (χ0) is 11.0. The van der Waals surface area contributed by atoms with Gasteiger partial charge in [0.25, 0.3) is 5.19 Å². The molecule has 0 amide bonds. The van der Waals surface area contributed by atoms with Crippen molar-refractivity contribution in [1.29, 1.82) is 0 Å². The maximum absolute atomic E-state index is 5.50. The Kier molecular flexibility index (Phi) is 2.41. The van der Waals surface area contributed by atoms with E-state index in [9.17, 15) is 0 Å². The Morgan fingerprint density at radius 2 is 2.12 bits per heavy atom. The van der Waals surface area contributed by atoms with E-state index in [0.29, 0.717) is 20.6 Å². The summed E-state index contributed by atoms with van der Waals surface area (Å²) in [7, 11) is 0. The summed E-state index contributed by atoms with van der Waals surface area (Å²) >= 11 is 4.53. The second-order valence-electron chi connectivity index (χ2n) is 2.94. The van der Waals surface area contributed by atoms with E-state index < -0.39 is 0 Å². The lowest BCUT2D eigenvalue weighted by molar-refractivity contribution is 0.174. The van der Waals surface area contributed by atoms with Crippen LogP contribution in [0.25, 0.3) is 0 Å². The number of fused-ring (bicyclic) bond motifs is 1. The van der Waals surface area contributed by atoms with Gasteiger partial charge in [-0.2, -0.15) is 0 Å². The highest BCUT2D eigenvalue weighted by atomic mass is 79.9. The van der Waals surface area contributed by atoms with Crippen LogP contribution in [0.1, 0.15) is 0 Å². The molecule has 0 unspecified atom stereocenters. The largest absolute Gasteiger partial charge is 0.454 e. The van der Waals surface area contributed by atoms with Crippen molar-refractivity contribution in [2.45, 2.75) is 0 Å². The Morgan fingerprint density at radius 1 is 1.25 bits per heavy atom. The van der Waals surface area contributed by atoms with Gasteiger partial charge in [0.15, 0.2) is 15.4 Å². The van der Waals surface area contributed by atoms with E-state index in [1.165, 1.54) is 11.3 Å². The van der Waals surface area contributed by atoms with Crippen LogP contribution in [0.3, 0.4) is 0 Å². The predicted octanol–water partition coefficient (Wildman–Crippen LogP) is 2.82. The van der Waals surface area contributed by atoms with Crippen molar-refractivity contribution in [2.75, 3.05) is 6.79 Å². The molecule has 1 aromatic heterocycles. The lowest BCUT2D eigenvalue weighted by atomic mass is 10.3. The van der Waals surface area contributed by atoms with Gasteiger partial charge in [0.1, 0.15) is 5.75 Å². The predicted molar refractivity (Wildman–Crippen MR) is 60.2 cm³/mol. The van der Waals surface area contributed by atoms with Gasteiger partial charge in [-0.3, -0.25) is 0 Å². The molecule has 0 N–H and O–H groups in total. The summed E-state index contributed by atoms with van der Waals surface area (Å²) in [4.78, 5) is 0. The highest BCUT2D eigenvalue weighted by Crippen LogP contribution is 2.37. The van der Waals surface area contributed by atoms with Gasteiger partial charge in [0.05, 0.1) is 0 Å². The second-order valence-corrected chi connectivity index (χ2v) is 5.15. The van der Waals surface area contributed by atoms with Crippen LogP contribution in [0.4, 0.5) is 0 Å². The summed E-state index contributed by atoms with van der Waals surface area (Å²) in [5.41, 5.74) is 0. The number of nitrogens with zero attached hydrogens (tertiary/aromatic N) is 2. The summed E-state index contributed by atoms with van der Waals surface area (Å²) in [6, 6.07) is 5.36. The molecule has 0 bridgehead atoms. The standard InChI is InChI=1S/C9H5BrN2O3S/c10-8-11-12-9(16-8)15-5-1-2-6-7(3-5)14-4-13-6/h1-3H,4H2. The van der Waals surface area contributed by atoms with E-state index >= 15 is 0 Å². The first-order valence-electron chi connectivity index (χ1n) is 4.38. The lowest BCUT2D eigenvalue weighted by Crippen LogP contribution is -1.92. The minimum atomic E-state index is 0.253. The smallest absolute Gasteiger partial charge is 0.300 e. The molecule has 0 aliphatic carbocycles. The Hall–Kier alpha value is -1.34. The van der Waals surface area contributed by atoms with Crippen LogP contribution in [0, 0.1) is 0 Å². The summed E-state index contributed by atoms with van der Waals surface area (Å²) in [6.45, 7) is 0.253. The molecule has 2 heterocycles. The van der Waals surface area contributed by atoms with Gasteiger partial charge in [0.2, 0.25) is 6.79 Å². The monoisotopic (exact) mass is 300 g/mol. The van der Waals surface area contributed by atoms with Crippen LogP contribution in [0.5, 0.6) is 22.4 Å². The topological polar surface area (TPSA) is 53.5 Å². The van der Waals surface area contributed by atoms with Gasteiger partial charge in [-0.05, 0) is 39.4 Å². The average Bonchev–Trinajstić information content (AvgIpc) is 2.87. The van der Waals surface area contributed by atoms with E-state index in [1.54, 1.807) is 18.2 Å². The average molecular weight is 301 g/mol. The van der Waals surface area contributed by atoms with Crippen molar-refractivity contribution in [2.24, 2.45) is 0 Å².